The van der Waals surface area contributed by atoms with E-state index in [2.05, 4.69) is 19.7 Å². The van der Waals surface area contributed by atoms with Gasteiger partial charge in [0.15, 0.2) is 5.82 Å². The van der Waals surface area contributed by atoms with Crippen LogP contribution < -0.4 is 9.62 Å². The second-order valence-electron chi connectivity index (χ2n) is 9.30. The lowest BCUT2D eigenvalue weighted by Gasteiger charge is -2.19. The molecule has 0 aliphatic heterocycles. The maximum absolute atomic E-state index is 14.3. The summed E-state index contributed by atoms with van der Waals surface area (Å²) in [5, 5.41) is 3.75. The molecule has 13 heteroatoms. The van der Waals surface area contributed by atoms with E-state index in [0.717, 1.165) is 22.1 Å². The summed E-state index contributed by atoms with van der Waals surface area (Å²) in [7, 11) is -0.855. The minimum absolute atomic E-state index is 0.194. The van der Waals surface area contributed by atoms with Crippen LogP contribution in [-0.2, 0) is 10.0 Å². The van der Waals surface area contributed by atoms with Crippen LogP contribution in [0.3, 0.4) is 0 Å². The van der Waals surface area contributed by atoms with Crippen molar-refractivity contribution in [3.8, 4) is 33.4 Å². The SMILES string of the molecule is CNC(=O)c1c(-c2ccc(F)cc2)oc2cc(N(C)S(C)(=O)=O)c(-c3nc(-c4cc5c(F)cccc5[nH]4)ns3)cc12. The molecule has 0 fully saturated rings. The molecule has 0 saturated heterocycles. The third-order valence-electron chi connectivity index (χ3n) is 6.71. The van der Waals surface area contributed by atoms with Crippen molar-refractivity contribution in [1.29, 1.82) is 0 Å². The van der Waals surface area contributed by atoms with Gasteiger partial charge in [0.25, 0.3) is 5.91 Å². The molecule has 2 N–H and O–H groups in total. The summed E-state index contributed by atoms with van der Waals surface area (Å²) in [5.74, 6) is -0.796. The van der Waals surface area contributed by atoms with E-state index < -0.39 is 21.7 Å². The van der Waals surface area contributed by atoms with Gasteiger partial charge < -0.3 is 14.7 Å². The number of sulfonamides is 1. The molecule has 0 atom stereocenters. The summed E-state index contributed by atoms with van der Waals surface area (Å²) in [6, 6.07) is 14.9. The van der Waals surface area contributed by atoms with Gasteiger partial charge in [0.1, 0.15) is 28.0 Å². The van der Waals surface area contributed by atoms with E-state index in [1.54, 1.807) is 24.3 Å². The molecule has 0 aliphatic rings. The van der Waals surface area contributed by atoms with Crippen molar-refractivity contribution in [3.05, 3.63) is 77.9 Å². The number of nitrogens with zero attached hydrogens (tertiary/aromatic N) is 3. The largest absolute Gasteiger partial charge is 0.455 e. The van der Waals surface area contributed by atoms with Crippen LogP contribution in [0.15, 0.2) is 65.1 Å². The van der Waals surface area contributed by atoms with Crippen LogP contribution in [0.2, 0.25) is 0 Å². The Morgan fingerprint density at radius 3 is 2.51 bits per heavy atom. The highest BCUT2D eigenvalue weighted by atomic mass is 32.2. The first-order chi connectivity index (χ1) is 19.5. The molecule has 0 bridgehead atoms. The van der Waals surface area contributed by atoms with Crippen molar-refractivity contribution in [2.75, 3.05) is 24.7 Å². The topological polar surface area (TPSA) is 121 Å². The number of H-pyrrole nitrogens is 1. The minimum Gasteiger partial charge on any atom is -0.455 e. The normalized spacial score (nSPS) is 11.8. The van der Waals surface area contributed by atoms with Crippen LogP contribution in [0.1, 0.15) is 10.4 Å². The number of hydrogen-bond acceptors (Lipinski definition) is 7. The smallest absolute Gasteiger partial charge is 0.255 e. The number of hydrogen-bond donors (Lipinski definition) is 2. The molecule has 3 heterocycles. The molecular weight excluding hydrogens is 572 g/mol. The van der Waals surface area contributed by atoms with E-state index in [0.29, 0.717) is 43.9 Å². The van der Waals surface area contributed by atoms with Gasteiger partial charge in [0.2, 0.25) is 10.0 Å². The molecule has 1 amide bonds. The van der Waals surface area contributed by atoms with Crippen molar-refractivity contribution in [1.82, 2.24) is 19.7 Å². The van der Waals surface area contributed by atoms with E-state index in [4.69, 9.17) is 4.42 Å². The van der Waals surface area contributed by atoms with Crippen LogP contribution >= 0.6 is 11.5 Å². The Bertz CT molecular complexity index is 2080. The fourth-order valence-corrected chi connectivity index (χ4v) is 5.79. The van der Waals surface area contributed by atoms with Crippen molar-refractivity contribution in [2.45, 2.75) is 0 Å². The maximum atomic E-state index is 14.3. The lowest BCUT2D eigenvalue weighted by molar-refractivity contribution is 0.0964. The Kier molecular flexibility index (Phi) is 6.35. The Labute approximate surface area is 236 Å². The molecule has 0 saturated carbocycles. The van der Waals surface area contributed by atoms with Crippen LogP contribution in [0, 0.1) is 11.6 Å². The third kappa shape index (κ3) is 4.62. The van der Waals surface area contributed by atoms with Gasteiger partial charge in [-0.25, -0.2) is 22.2 Å². The first-order valence-corrected chi connectivity index (χ1v) is 14.8. The first-order valence-electron chi connectivity index (χ1n) is 12.2. The number of amides is 1. The number of carbonyl (C=O) groups excluding carboxylic acids is 1. The third-order valence-corrected chi connectivity index (χ3v) is 8.65. The van der Waals surface area contributed by atoms with Crippen molar-refractivity contribution in [2.24, 2.45) is 0 Å². The van der Waals surface area contributed by atoms with Gasteiger partial charge in [0, 0.05) is 47.6 Å². The van der Waals surface area contributed by atoms with Crippen molar-refractivity contribution < 1.29 is 26.4 Å². The summed E-state index contributed by atoms with van der Waals surface area (Å²) in [6.45, 7) is 0. The lowest BCUT2D eigenvalue weighted by Crippen LogP contribution is -2.25. The fraction of sp³-hybridized carbons (Fsp3) is 0.107. The van der Waals surface area contributed by atoms with Gasteiger partial charge in [0.05, 0.1) is 23.2 Å². The Hall–Kier alpha value is -4.62. The number of aromatic nitrogens is 3. The number of carbonyl (C=O) groups is 1. The summed E-state index contributed by atoms with van der Waals surface area (Å²) in [6.07, 6.45) is 1.06. The predicted octanol–water partition coefficient (Wildman–Crippen LogP) is 5.80. The van der Waals surface area contributed by atoms with E-state index >= 15 is 0 Å². The molecule has 9 nitrogen and oxygen atoms in total. The number of benzene rings is 3. The maximum Gasteiger partial charge on any atom is 0.255 e. The zero-order valence-electron chi connectivity index (χ0n) is 21.8. The summed E-state index contributed by atoms with van der Waals surface area (Å²) in [5.41, 5.74) is 2.59. The van der Waals surface area contributed by atoms with E-state index in [1.807, 2.05) is 0 Å². The molecule has 41 heavy (non-hydrogen) atoms. The van der Waals surface area contributed by atoms with Crippen molar-refractivity contribution in [3.63, 3.8) is 0 Å². The molecule has 0 aliphatic carbocycles. The number of furan rings is 1. The van der Waals surface area contributed by atoms with E-state index in [1.165, 1.54) is 50.5 Å². The highest BCUT2D eigenvalue weighted by molar-refractivity contribution is 7.92. The van der Waals surface area contributed by atoms with Gasteiger partial charge in [-0.3, -0.25) is 9.10 Å². The summed E-state index contributed by atoms with van der Waals surface area (Å²) >= 11 is 1.02. The number of halogens is 2. The summed E-state index contributed by atoms with van der Waals surface area (Å²) < 4.78 is 64.7. The first kappa shape index (κ1) is 26.6. The monoisotopic (exact) mass is 593 g/mol. The molecule has 3 aromatic heterocycles. The number of nitrogens with one attached hydrogen (secondary N) is 2. The van der Waals surface area contributed by atoms with Gasteiger partial charge in [-0.1, -0.05) is 6.07 Å². The molecule has 208 valence electrons. The zero-order chi connectivity index (χ0) is 29.1. The van der Waals surface area contributed by atoms with E-state index in [-0.39, 0.29) is 28.4 Å². The molecule has 6 aromatic rings. The highest BCUT2D eigenvalue weighted by Gasteiger charge is 2.27. The minimum atomic E-state index is -3.72. The Balaban J connectivity index is 1.58. The molecule has 0 radical (unpaired) electrons. The quantitative estimate of drug-likeness (QED) is 0.252. The number of fused-ring (bicyclic) bond motifs is 2. The Morgan fingerprint density at radius 2 is 1.83 bits per heavy atom. The van der Waals surface area contributed by atoms with Crippen molar-refractivity contribution >= 4 is 55.0 Å². The second kappa shape index (κ2) is 9.78. The van der Waals surface area contributed by atoms with E-state index in [9.17, 15) is 22.0 Å². The molecule has 6 rings (SSSR count). The van der Waals surface area contributed by atoms with Gasteiger partial charge in [-0.15, -0.1) is 0 Å². The fourth-order valence-electron chi connectivity index (χ4n) is 4.58. The zero-order valence-corrected chi connectivity index (χ0v) is 23.5. The lowest BCUT2D eigenvalue weighted by atomic mass is 10.0. The van der Waals surface area contributed by atoms with Crippen LogP contribution in [-0.4, -0.2) is 49.0 Å². The standard InChI is InChI=1S/C28H21F2N5O4S2/c1-31-27(36)24-18-11-17(28-33-26(34-40-28)21-12-16-19(30)5-4-6-20(16)32-21)22(35(2)41(3,37)38)13-23(18)39-25(24)14-7-9-15(29)10-8-14/h4-13,32H,1-3H3,(H,31,36). The average molecular weight is 594 g/mol. The van der Waals surface area contributed by atoms with Gasteiger partial charge >= 0.3 is 0 Å². The molecule has 0 spiro atoms. The number of rotatable bonds is 6. The van der Waals surface area contributed by atoms with Crippen LogP contribution in [0.25, 0.3) is 55.3 Å². The Morgan fingerprint density at radius 1 is 1.07 bits per heavy atom. The average Bonchev–Trinajstić information content (AvgIpc) is 3.68. The summed E-state index contributed by atoms with van der Waals surface area (Å²) in [4.78, 5) is 20.8. The van der Waals surface area contributed by atoms with Crippen LogP contribution in [0.4, 0.5) is 14.5 Å². The molecular formula is C28H21F2N5O4S2. The molecule has 3 aromatic carbocycles. The molecule has 0 unspecified atom stereocenters. The highest BCUT2D eigenvalue weighted by Crippen LogP contribution is 2.42. The predicted molar refractivity (Wildman–Crippen MR) is 154 cm³/mol. The van der Waals surface area contributed by atoms with Crippen LogP contribution in [0.5, 0.6) is 0 Å². The number of anilines is 1. The second-order valence-corrected chi connectivity index (χ2v) is 12.1. The van der Waals surface area contributed by atoms with Gasteiger partial charge in [-0.2, -0.15) is 4.37 Å². The number of aromatic amines is 1. The van der Waals surface area contributed by atoms with Gasteiger partial charge in [-0.05, 0) is 60.1 Å².